The zero-order valence-electron chi connectivity index (χ0n) is 14.4. The highest BCUT2D eigenvalue weighted by Gasteiger charge is 2.22. The number of hydrogen-bond donors (Lipinski definition) is 0. The van der Waals surface area contributed by atoms with Crippen molar-refractivity contribution in [2.45, 2.75) is 33.3 Å². The Bertz CT molecular complexity index is 675. The van der Waals surface area contributed by atoms with Crippen molar-refractivity contribution >= 4 is 23.4 Å². The first-order valence-corrected chi connectivity index (χ1v) is 8.20. The van der Waals surface area contributed by atoms with Gasteiger partial charge in [0.1, 0.15) is 17.1 Å². The Kier molecular flexibility index (Phi) is 5.73. The Labute approximate surface area is 147 Å². The molecule has 4 nitrogen and oxygen atoms in total. The number of amides is 1. The van der Waals surface area contributed by atoms with E-state index in [1.807, 2.05) is 52.0 Å². The van der Waals surface area contributed by atoms with E-state index in [0.29, 0.717) is 23.1 Å². The molecule has 0 N–H and O–H groups in total. The Hall–Kier alpha value is -2.20. The van der Waals surface area contributed by atoms with E-state index in [0.717, 1.165) is 5.69 Å². The third-order valence-electron chi connectivity index (χ3n) is 3.13. The lowest BCUT2D eigenvalue weighted by Gasteiger charge is -2.26. The van der Waals surface area contributed by atoms with Gasteiger partial charge in [0, 0.05) is 17.3 Å². The quantitative estimate of drug-likeness (QED) is 0.691. The third-order valence-corrected chi connectivity index (χ3v) is 3.38. The van der Waals surface area contributed by atoms with Crippen LogP contribution in [-0.4, -0.2) is 18.2 Å². The predicted octanol–water partition coefficient (Wildman–Crippen LogP) is 5.89. The molecular weight excluding hydrogens is 326 g/mol. The number of rotatable bonds is 4. The van der Waals surface area contributed by atoms with Gasteiger partial charge in [-0.1, -0.05) is 11.6 Å². The standard InChI is InChI=1S/C19H22ClNO3/c1-5-21(18(22)24-19(2,3)4)15-8-12-17(13-9-15)23-16-10-6-14(20)7-11-16/h6-13H,5H2,1-4H3. The van der Waals surface area contributed by atoms with Gasteiger partial charge >= 0.3 is 6.09 Å². The van der Waals surface area contributed by atoms with Crippen LogP contribution in [0.2, 0.25) is 5.02 Å². The fraction of sp³-hybridized carbons (Fsp3) is 0.316. The van der Waals surface area contributed by atoms with Gasteiger partial charge in [-0.05, 0) is 76.2 Å². The molecule has 0 fully saturated rings. The number of hydrogen-bond acceptors (Lipinski definition) is 3. The largest absolute Gasteiger partial charge is 0.457 e. The molecule has 5 heteroatoms. The molecule has 0 bridgehead atoms. The van der Waals surface area contributed by atoms with Crippen LogP contribution in [0.1, 0.15) is 27.7 Å². The molecule has 0 heterocycles. The van der Waals surface area contributed by atoms with Crippen LogP contribution in [0, 0.1) is 0 Å². The van der Waals surface area contributed by atoms with Crippen LogP contribution in [0.3, 0.4) is 0 Å². The highest BCUT2D eigenvalue weighted by molar-refractivity contribution is 6.30. The Morgan fingerprint density at radius 2 is 1.50 bits per heavy atom. The second-order valence-electron chi connectivity index (χ2n) is 6.27. The fourth-order valence-electron chi connectivity index (χ4n) is 2.07. The Morgan fingerprint density at radius 1 is 1.00 bits per heavy atom. The van der Waals surface area contributed by atoms with Crippen molar-refractivity contribution in [3.05, 3.63) is 53.6 Å². The average molecular weight is 348 g/mol. The molecule has 128 valence electrons. The van der Waals surface area contributed by atoms with Crippen LogP contribution in [0.15, 0.2) is 48.5 Å². The molecule has 0 aliphatic rings. The van der Waals surface area contributed by atoms with E-state index in [2.05, 4.69) is 0 Å². The zero-order chi connectivity index (χ0) is 17.7. The average Bonchev–Trinajstić information content (AvgIpc) is 2.50. The summed E-state index contributed by atoms with van der Waals surface area (Å²) in [5.74, 6) is 1.38. The molecule has 0 unspecified atom stereocenters. The summed E-state index contributed by atoms with van der Waals surface area (Å²) in [6.45, 7) is 7.97. The van der Waals surface area contributed by atoms with E-state index in [9.17, 15) is 4.79 Å². The summed E-state index contributed by atoms with van der Waals surface area (Å²) in [7, 11) is 0. The number of nitrogens with zero attached hydrogens (tertiary/aromatic N) is 1. The second-order valence-corrected chi connectivity index (χ2v) is 6.71. The lowest BCUT2D eigenvalue weighted by Crippen LogP contribution is -2.36. The number of ether oxygens (including phenoxy) is 2. The van der Waals surface area contributed by atoms with Crippen molar-refractivity contribution in [2.24, 2.45) is 0 Å². The minimum atomic E-state index is -0.526. The molecule has 2 aromatic rings. The molecule has 0 atom stereocenters. The van der Waals surface area contributed by atoms with E-state index >= 15 is 0 Å². The zero-order valence-corrected chi connectivity index (χ0v) is 15.1. The van der Waals surface area contributed by atoms with Crippen LogP contribution in [0.5, 0.6) is 11.5 Å². The smallest absolute Gasteiger partial charge is 0.414 e. The van der Waals surface area contributed by atoms with Gasteiger partial charge in [-0.3, -0.25) is 4.90 Å². The number of anilines is 1. The lowest BCUT2D eigenvalue weighted by molar-refractivity contribution is 0.0582. The van der Waals surface area contributed by atoms with Crippen molar-refractivity contribution in [3.8, 4) is 11.5 Å². The van der Waals surface area contributed by atoms with Crippen molar-refractivity contribution in [3.63, 3.8) is 0 Å². The molecule has 0 spiro atoms. The molecule has 0 aliphatic carbocycles. The number of benzene rings is 2. The molecule has 0 saturated heterocycles. The molecule has 0 aromatic heterocycles. The van der Waals surface area contributed by atoms with Crippen LogP contribution >= 0.6 is 11.6 Å². The van der Waals surface area contributed by atoms with Gasteiger partial charge in [-0.25, -0.2) is 4.79 Å². The van der Waals surface area contributed by atoms with Gasteiger partial charge in [-0.2, -0.15) is 0 Å². The van der Waals surface area contributed by atoms with Crippen molar-refractivity contribution in [1.82, 2.24) is 0 Å². The summed E-state index contributed by atoms with van der Waals surface area (Å²) in [5.41, 5.74) is 0.234. The molecule has 0 aliphatic heterocycles. The third kappa shape index (κ3) is 5.17. The first-order valence-electron chi connectivity index (χ1n) is 7.82. The molecule has 2 aromatic carbocycles. The normalized spacial score (nSPS) is 11.0. The number of halogens is 1. The highest BCUT2D eigenvalue weighted by Crippen LogP contribution is 2.26. The SMILES string of the molecule is CCN(C(=O)OC(C)(C)C)c1ccc(Oc2ccc(Cl)cc2)cc1. The summed E-state index contributed by atoms with van der Waals surface area (Å²) in [6, 6.07) is 14.4. The Balaban J connectivity index is 2.09. The van der Waals surface area contributed by atoms with Crippen LogP contribution in [-0.2, 0) is 4.74 Å². The van der Waals surface area contributed by atoms with E-state index in [-0.39, 0.29) is 6.09 Å². The molecule has 0 radical (unpaired) electrons. The van der Waals surface area contributed by atoms with Crippen LogP contribution in [0.4, 0.5) is 10.5 Å². The molecule has 1 amide bonds. The second kappa shape index (κ2) is 7.58. The molecular formula is C19H22ClNO3. The maximum Gasteiger partial charge on any atom is 0.414 e. The predicted molar refractivity (Wildman–Crippen MR) is 97.2 cm³/mol. The van der Waals surface area contributed by atoms with Crippen molar-refractivity contribution in [2.75, 3.05) is 11.4 Å². The van der Waals surface area contributed by atoms with Gasteiger partial charge in [-0.15, -0.1) is 0 Å². The van der Waals surface area contributed by atoms with Gasteiger partial charge in [0.15, 0.2) is 0 Å². The molecule has 24 heavy (non-hydrogen) atoms. The van der Waals surface area contributed by atoms with E-state index < -0.39 is 5.60 Å². The van der Waals surface area contributed by atoms with Crippen LogP contribution < -0.4 is 9.64 Å². The Morgan fingerprint density at radius 3 is 1.96 bits per heavy atom. The van der Waals surface area contributed by atoms with Gasteiger partial charge in [0.25, 0.3) is 0 Å². The monoisotopic (exact) mass is 347 g/mol. The topological polar surface area (TPSA) is 38.8 Å². The van der Waals surface area contributed by atoms with Gasteiger partial charge < -0.3 is 9.47 Å². The summed E-state index contributed by atoms with van der Waals surface area (Å²) in [4.78, 5) is 13.8. The van der Waals surface area contributed by atoms with Crippen molar-refractivity contribution < 1.29 is 14.3 Å². The van der Waals surface area contributed by atoms with Gasteiger partial charge in [0.2, 0.25) is 0 Å². The van der Waals surface area contributed by atoms with E-state index in [4.69, 9.17) is 21.1 Å². The van der Waals surface area contributed by atoms with Gasteiger partial charge in [0.05, 0.1) is 0 Å². The summed E-state index contributed by atoms with van der Waals surface area (Å²) in [6.07, 6.45) is -0.364. The summed E-state index contributed by atoms with van der Waals surface area (Å²) >= 11 is 5.86. The number of carbonyl (C=O) groups is 1. The molecule has 2 rings (SSSR count). The van der Waals surface area contributed by atoms with Crippen LogP contribution in [0.25, 0.3) is 0 Å². The fourth-order valence-corrected chi connectivity index (χ4v) is 2.19. The highest BCUT2D eigenvalue weighted by atomic mass is 35.5. The lowest BCUT2D eigenvalue weighted by atomic mass is 10.2. The maximum absolute atomic E-state index is 12.3. The minimum Gasteiger partial charge on any atom is -0.457 e. The molecule has 0 saturated carbocycles. The summed E-state index contributed by atoms with van der Waals surface area (Å²) < 4.78 is 11.2. The van der Waals surface area contributed by atoms with Crippen molar-refractivity contribution in [1.29, 1.82) is 0 Å². The first-order chi connectivity index (χ1) is 11.3. The number of carbonyl (C=O) groups excluding carboxylic acids is 1. The maximum atomic E-state index is 12.3. The summed E-state index contributed by atoms with van der Waals surface area (Å²) in [5, 5.41) is 0.661. The minimum absolute atomic E-state index is 0.364. The van der Waals surface area contributed by atoms with E-state index in [1.165, 1.54) is 0 Å². The van der Waals surface area contributed by atoms with E-state index in [1.54, 1.807) is 29.2 Å². The first kappa shape index (κ1) is 18.1.